The highest BCUT2D eigenvalue weighted by molar-refractivity contribution is 14.1. The molecule has 0 N–H and O–H groups in total. The molecule has 1 aliphatic rings. The lowest BCUT2D eigenvalue weighted by molar-refractivity contribution is 0.624. The van der Waals surface area contributed by atoms with E-state index in [-0.39, 0.29) is 0 Å². The van der Waals surface area contributed by atoms with Crippen LogP contribution in [0.15, 0.2) is 0 Å². The van der Waals surface area contributed by atoms with Gasteiger partial charge in [-0.2, -0.15) is 23.5 Å². The van der Waals surface area contributed by atoms with Crippen molar-refractivity contribution >= 4 is 46.4 Å². The van der Waals surface area contributed by atoms with Gasteiger partial charge in [0.2, 0.25) is 0 Å². The first-order valence-electron chi connectivity index (χ1n) is 7.51. The van der Waals surface area contributed by atoms with Crippen molar-refractivity contribution in [3.63, 3.8) is 0 Å². The molecule has 3 nitrogen and oxygen atoms in total. The highest BCUT2D eigenvalue weighted by atomic mass is 127. The highest BCUT2D eigenvalue weighted by Crippen LogP contribution is 2.29. The van der Waals surface area contributed by atoms with Gasteiger partial charge in [-0.3, -0.25) is 0 Å². The Bertz CT molecular complexity index is 388. The lowest BCUT2D eigenvalue weighted by Crippen LogP contribution is -2.03. The van der Waals surface area contributed by atoms with Crippen LogP contribution in [-0.4, -0.2) is 24.7 Å². The number of hydrogen-bond donors (Lipinski definition) is 0. The molecule has 0 aliphatic heterocycles. The maximum absolute atomic E-state index is 4.53. The van der Waals surface area contributed by atoms with Crippen molar-refractivity contribution in [1.82, 2.24) is 13.2 Å². The second-order valence-corrected chi connectivity index (χ2v) is 8.42. The molecular formula is C14H24IN3S2. The topological polar surface area (TPSA) is 30.7 Å². The van der Waals surface area contributed by atoms with E-state index in [4.69, 9.17) is 0 Å². The maximum Gasteiger partial charge on any atom is 0.111 e. The third-order valence-electron chi connectivity index (χ3n) is 3.78. The zero-order chi connectivity index (χ0) is 14.2. The molecule has 1 heterocycles. The highest BCUT2D eigenvalue weighted by Gasteiger charge is 2.15. The minimum absolute atomic E-state index is 0.828. The standard InChI is InChI=1S/C14H24IN3S2/c1-19-10-13-14(17-18(15)16-13)11-20-12-8-6-4-2-3-5-7-9-12/h12H,2-11H2,1H3. The van der Waals surface area contributed by atoms with E-state index in [1.165, 1.54) is 62.8 Å². The molecule has 0 aromatic carbocycles. The molecule has 6 heteroatoms. The van der Waals surface area contributed by atoms with Crippen LogP contribution in [0.3, 0.4) is 0 Å². The fourth-order valence-corrected chi connectivity index (χ4v) is 4.96. The Morgan fingerprint density at radius 1 is 1.00 bits per heavy atom. The van der Waals surface area contributed by atoms with E-state index in [0.29, 0.717) is 0 Å². The molecule has 1 fully saturated rings. The van der Waals surface area contributed by atoms with E-state index < -0.39 is 0 Å². The van der Waals surface area contributed by atoms with E-state index in [0.717, 1.165) is 16.8 Å². The second kappa shape index (κ2) is 9.56. The molecule has 0 spiro atoms. The smallest absolute Gasteiger partial charge is 0.111 e. The van der Waals surface area contributed by atoms with Crippen molar-refractivity contribution in [2.75, 3.05) is 6.26 Å². The third kappa shape index (κ3) is 5.75. The van der Waals surface area contributed by atoms with Gasteiger partial charge in [0.25, 0.3) is 0 Å². The quantitative estimate of drug-likeness (QED) is 0.616. The van der Waals surface area contributed by atoms with Crippen molar-refractivity contribution in [1.29, 1.82) is 0 Å². The zero-order valence-corrected chi connectivity index (χ0v) is 16.0. The van der Waals surface area contributed by atoms with E-state index in [9.17, 15) is 0 Å². The molecule has 1 aromatic heterocycles. The Hall–Kier alpha value is 0.570. The Morgan fingerprint density at radius 2 is 1.55 bits per heavy atom. The van der Waals surface area contributed by atoms with Gasteiger partial charge < -0.3 is 0 Å². The molecule has 1 aromatic rings. The fourth-order valence-electron chi connectivity index (χ4n) is 2.66. The molecule has 0 atom stereocenters. The predicted octanol–water partition coefficient (Wildman–Crippen LogP) is 5.08. The maximum atomic E-state index is 4.53. The Kier molecular flexibility index (Phi) is 8.09. The largest absolute Gasteiger partial charge is 0.159 e. The summed E-state index contributed by atoms with van der Waals surface area (Å²) in [6, 6.07) is 0. The molecule has 0 radical (unpaired) electrons. The number of hydrogen-bond acceptors (Lipinski definition) is 4. The van der Waals surface area contributed by atoms with Crippen LogP contribution in [0.2, 0.25) is 0 Å². The van der Waals surface area contributed by atoms with Gasteiger partial charge in [0.15, 0.2) is 0 Å². The molecule has 1 saturated carbocycles. The molecule has 2 rings (SSSR count). The lowest BCUT2D eigenvalue weighted by atomic mass is 10.1. The monoisotopic (exact) mass is 425 g/mol. The Labute approximate surface area is 144 Å². The average Bonchev–Trinajstić information content (AvgIpc) is 2.83. The van der Waals surface area contributed by atoms with E-state index >= 15 is 0 Å². The molecule has 0 unspecified atom stereocenters. The van der Waals surface area contributed by atoms with Crippen LogP contribution in [0.1, 0.15) is 62.8 Å². The summed E-state index contributed by atoms with van der Waals surface area (Å²) in [4.78, 5) is 0. The van der Waals surface area contributed by atoms with Gasteiger partial charge in [-0.25, -0.2) is 0 Å². The van der Waals surface area contributed by atoms with Gasteiger partial charge in [-0.15, -0.1) is 13.2 Å². The van der Waals surface area contributed by atoms with Crippen LogP contribution in [0.4, 0.5) is 0 Å². The average molecular weight is 425 g/mol. The minimum atomic E-state index is 0.828. The first kappa shape index (κ1) is 16.9. The van der Waals surface area contributed by atoms with Gasteiger partial charge in [-0.1, -0.05) is 38.5 Å². The first-order chi connectivity index (χ1) is 9.79. The van der Waals surface area contributed by atoms with Crippen LogP contribution in [-0.2, 0) is 11.5 Å². The van der Waals surface area contributed by atoms with Crippen LogP contribution in [0.5, 0.6) is 0 Å². The second-order valence-electron chi connectivity index (χ2n) is 5.40. The van der Waals surface area contributed by atoms with Crippen LogP contribution >= 0.6 is 46.4 Å². The normalized spacial score (nSPS) is 18.5. The minimum Gasteiger partial charge on any atom is -0.159 e. The Balaban J connectivity index is 1.86. The van der Waals surface area contributed by atoms with Crippen molar-refractivity contribution in [3.8, 4) is 0 Å². The molecule has 114 valence electrons. The number of aromatic nitrogens is 3. The van der Waals surface area contributed by atoms with Gasteiger partial charge >= 0.3 is 0 Å². The van der Waals surface area contributed by atoms with Crippen LogP contribution < -0.4 is 0 Å². The van der Waals surface area contributed by atoms with Gasteiger partial charge in [0.05, 0.1) is 11.4 Å². The summed E-state index contributed by atoms with van der Waals surface area (Å²) in [5.74, 6) is 2.01. The molecule has 20 heavy (non-hydrogen) atoms. The summed E-state index contributed by atoms with van der Waals surface area (Å²) in [6.07, 6.45) is 13.5. The van der Waals surface area contributed by atoms with Crippen molar-refractivity contribution in [3.05, 3.63) is 11.4 Å². The van der Waals surface area contributed by atoms with Gasteiger partial charge in [0.1, 0.15) is 22.9 Å². The van der Waals surface area contributed by atoms with Crippen LogP contribution in [0.25, 0.3) is 0 Å². The number of rotatable bonds is 5. The molecule has 1 aliphatic carbocycles. The molecule has 0 saturated heterocycles. The first-order valence-corrected chi connectivity index (χ1v) is 10.9. The number of halogens is 1. The third-order valence-corrected chi connectivity index (χ3v) is 6.16. The summed E-state index contributed by atoms with van der Waals surface area (Å²) < 4.78 is 1.70. The van der Waals surface area contributed by atoms with Gasteiger partial charge in [-0.05, 0) is 19.1 Å². The summed E-state index contributed by atoms with van der Waals surface area (Å²) >= 11 is 6.08. The van der Waals surface area contributed by atoms with Crippen molar-refractivity contribution in [2.24, 2.45) is 0 Å². The van der Waals surface area contributed by atoms with Crippen molar-refractivity contribution < 1.29 is 0 Å². The zero-order valence-electron chi connectivity index (χ0n) is 12.2. The molecular weight excluding hydrogens is 401 g/mol. The van der Waals surface area contributed by atoms with E-state index in [2.05, 4.69) is 51.1 Å². The van der Waals surface area contributed by atoms with E-state index in [1.54, 1.807) is 3.01 Å². The molecule has 0 amide bonds. The summed E-state index contributed by atoms with van der Waals surface area (Å²) in [6.45, 7) is 0. The Morgan fingerprint density at radius 3 is 2.15 bits per heavy atom. The summed E-state index contributed by atoms with van der Waals surface area (Å²) in [7, 11) is 0. The lowest BCUT2D eigenvalue weighted by Gasteiger charge is -2.14. The SMILES string of the molecule is CSCc1nn(I)nc1CSC1CCCCCCCC1. The van der Waals surface area contributed by atoms with Crippen LogP contribution in [0, 0.1) is 0 Å². The number of thioether (sulfide) groups is 2. The fraction of sp³-hybridized carbons (Fsp3) is 0.857. The van der Waals surface area contributed by atoms with Gasteiger partial charge in [0, 0.05) is 16.8 Å². The molecule has 0 bridgehead atoms. The number of nitrogens with zero attached hydrogens (tertiary/aromatic N) is 3. The summed E-state index contributed by atoms with van der Waals surface area (Å²) in [5.41, 5.74) is 2.36. The van der Waals surface area contributed by atoms with E-state index in [1.807, 2.05) is 11.8 Å². The summed E-state index contributed by atoms with van der Waals surface area (Å²) in [5, 5.41) is 9.83. The van der Waals surface area contributed by atoms with Crippen molar-refractivity contribution in [2.45, 2.75) is 68.1 Å². The predicted molar refractivity (Wildman–Crippen MR) is 98.7 cm³/mol.